The van der Waals surface area contributed by atoms with E-state index < -0.39 is 0 Å². The van der Waals surface area contributed by atoms with Gasteiger partial charge in [0.15, 0.2) is 16.8 Å². The molecule has 0 radical (unpaired) electrons. The van der Waals surface area contributed by atoms with Gasteiger partial charge in [0.1, 0.15) is 18.1 Å². The first-order chi connectivity index (χ1) is 14.2. The van der Waals surface area contributed by atoms with E-state index in [4.69, 9.17) is 18.6 Å². The zero-order valence-corrected chi connectivity index (χ0v) is 16.5. The molecule has 2 aromatic carbocycles. The average molecular weight is 408 g/mol. The number of hydrogen-bond acceptors (Lipinski definition) is 8. The van der Waals surface area contributed by atoms with Crippen molar-refractivity contribution < 1.29 is 18.6 Å². The van der Waals surface area contributed by atoms with Gasteiger partial charge in [-0.05, 0) is 16.9 Å². The Hall–Kier alpha value is -3.59. The van der Waals surface area contributed by atoms with Crippen LogP contribution in [0, 0.1) is 0 Å². The van der Waals surface area contributed by atoms with Crippen LogP contribution in [0.1, 0.15) is 5.56 Å². The highest BCUT2D eigenvalue weighted by Gasteiger charge is 2.19. The van der Waals surface area contributed by atoms with Gasteiger partial charge in [0.05, 0.1) is 20.4 Å². The minimum atomic E-state index is 0.387. The summed E-state index contributed by atoms with van der Waals surface area (Å²) < 4.78 is 24.2. The first-order valence-electron chi connectivity index (χ1n) is 8.79. The Bertz CT molecular complexity index is 1290. The molecule has 0 spiro atoms. The van der Waals surface area contributed by atoms with E-state index in [9.17, 15) is 0 Å². The lowest BCUT2D eigenvalue weighted by molar-refractivity contribution is 0.307. The summed E-state index contributed by atoms with van der Waals surface area (Å²) in [4.78, 5) is 9.68. The van der Waals surface area contributed by atoms with Gasteiger partial charge in [-0.15, -0.1) is 5.10 Å². The lowest BCUT2D eigenvalue weighted by atomic mass is 10.2. The van der Waals surface area contributed by atoms with Gasteiger partial charge in [0, 0.05) is 12.1 Å². The number of rotatable bonds is 6. The highest BCUT2D eigenvalue weighted by Crippen LogP contribution is 2.35. The fourth-order valence-electron chi connectivity index (χ4n) is 2.95. The third kappa shape index (κ3) is 3.15. The summed E-state index contributed by atoms with van der Waals surface area (Å²) in [6.45, 7) is 0.408. The van der Waals surface area contributed by atoms with Crippen molar-refractivity contribution in [3.05, 3.63) is 54.2 Å². The average Bonchev–Trinajstić information content (AvgIpc) is 3.45. The van der Waals surface area contributed by atoms with Crippen molar-refractivity contribution in [2.45, 2.75) is 6.61 Å². The van der Waals surface area contributed by atoms with Gasteiger partial charge in [-0.3, -0.25) is 0 Å². The molecule has 0 unspecified atom stereocenters. The molecule has 0 atom stereocenters. The molecule has 3 heterocycles. The summed E-state index contributed by atoms with van der Waals surface area (Å²) in [7, 11) is 3.17. The van der Waals surface area contributed by atoms with E-state index in [1.807, 2.05) is 30.3 Å². The fourth-order valence-corrected chi connectivity index (χ4v) is 3.64. The van der Waals surface area contributed by atoms with Gasteiger partial charge in [-0.25, -0.2) is 9.97 Å². The third-order valence-corrected chi connectivity index (χ3v) is 5.25. The predicted octanol–water partition coefficient (Wildman–Crippen LogP) is 4.20. The lowest BCUT2D eigenvalue weighted by Gasteiger charge is -2.08. The Morgan fingerprint density at radius 3 is 2.76 bits per heavy atom. The zero-order valence-electron chi connectivity index (χ0n) is 15.7. The minimum absolute atomic E-state index is 0.387. The number of ether oxygens (including phenoxy) is 3. The van der Waals surface area contributed by atoms with Crippen LogP contribution in [0.15, 0.2) is 53.1 Å². The molecule has 3 aromatic heterocycles. The van der Waals surface area contributed by atoms with Crippen LogP contribution in [0.3, 0.4) is 0 Å². The first-order valence-corrected chi connectivity index (χ1v) is 9.61. The highest BCUT2D eigenvalue weighted by atomic mass is 32.1. The number of hydrogen-bond donors (Lipinski definition) is 0. The summed E-state index contributed by atoms with van der Waals surface area (Å²) in [5, 5.41) is 4.88. The maximum atomic E-state index is 6.03. The van der Waals surface area contributed by atoms with Crippen LogP contribution < -0.4 is 14.2 Å². The molecule has 29 heavy (non-hydrogen) atoms. The second kappa shape index (κ2) is 7.10. The summed E-state index contributed by atoms with van der Waals surface area (Å²) in [5.41, 5.74) is 2.84. The Balaban J connectivity index is 1.57. The van der Waals surface area contributed by atoms with Crippen LogP contribution in [0.25, 0.3) is 27.6 Å². The van der Waals surface area contributed by atoms with E-state index in [2.05, 4.69) is 15.1 Å². The molecule has 9 heteroatoms. The lowest BCUT2D eigenvalue weighted by Crippen LogP contribution is -1.96. The number of aromatic nitrogens is 4. The Morgan fingerprint density at radius 2 is 1.97 bits per heavy atom. The smallest absolute Gasteiger partial charge is 0.294 e. The molecular weight excluding hydrogens is 392 g/mol. The molecule has 5 aromatic rings. The van der Waals surface area contributed by atoms with Crippen molar-refractivity contribution in [3.8, 4) is 28.3 Å². The van der Waals surface area contributed by atoms with Crippen molar-refractivity contribution in [2.75, 3.05) is 14.2 Å². The molecule has 5 rings (SSSR count). The summed E-state index contributed by atoms with van der Waals surface area (Å²) in [6.07, 6.45) is 1.67. The SMILES string of the molecule is COc1cc(OCc2ccccc2)c2nc(-c3cnc4sc(OC)nn34)oc2c1. The maximum Gasteiger partial charge on any atom is 0.294 e. The van der Waals surface area contributed by atoms with Crippen molar-refractivity contribution in [2.24, 2.45) is 0 Å². The van der Waals surface area contributed by atoms with Crippen LogP contribution >= 0.6 is 11.3 Å². The second-order valence-corrected chi connectivity index (χ2v) is 7.09. The highest BCUT2D eigenvalue weighted by molar-refractivity contribution is 7.18. The van der Waals surface area contributed by atoms with Crippen molar-refractivity contribution >= 4 is 27.4 Å². The van der Waals surface area contributed by atoms with E-state index in [1.54, 1.807) is 37.1 Å². The number of nitrogens with zero attached hydrogens (tertiary/aromatic N) is 4. The summed E-state index contributed by atoms with van der Waals surface area (Å²) in [5.74, 6) is 1.59. The Labute approximate surface area is 169 Å². The van der Waals surface area contributed by atoms with Crippen molar-refractivity contribution in [1.82, 2.24) is 19.6 Å². The molecular formula is C20H16N4O4S. The molecule has 0 fully saturated rings. The van der Waals surface area contributed by atoms with E-state index in [-0.39, 0.29) is 0 Å². The number of fused-ring (bicyclic) bond motifs is 2. The van der Waals surface area contributed by atoms with Gasteiger partial charge < -0.3 is 18.6 Å². The van der Waals surface area contributed by atoms with Gasteiger partial charge in [0.25, 0.3) is 5.19 Å². The van der Waals surface area contributed by atoms with E-state index >= 15 is 0 Å². The van der Waals surface area contributed by atoms with Crippen molar-refractivity contribution in [3.63, 3.8) is 0 Å². The topological polar surface area (TPSA) is 83.9 Å². The van der Waals surface area contributed by atoms with Crippen LogP contribution in [-0.2, 0) is 6.61 Å². The second-order valence-electron chi connectivity index (χ2n) is 6.18. The predicted molar refractivity (Wildman–Crippen MR) is 108 cm³/mol. The minimum Gasteiger partial charge on any atom is -0.496 e. The first kappa shape index (κ1) is 17.5. The van der Waals surface area contributed by atoms with E-state index in [0.717, 1.165) is 5.56 Å². The number of imidazole rings is 1. The van der Waals surface area contributed by atoms with Crippen molar-refractivity contribution in [1.29, 1.82) is 0 Å². The van der Waals surface area contributed by atoms with Crippen LogP contribution in [0.5, 0.6) is 16.7 Å². The van der Waals surface area contributed by atoms with Crippen LogP contribution in [-0.4, -0.2) is 33.8 Å². The molecule has 0 aliphatic heterocycles. The van der Waals surface area contributed by atoms with E-state index in [1.165, 1.54) is 11.3 Å². The third-order valence-electron chi connectivity index (χ3n) is 4.37. The monoisotopic (exact) mass is 408 g/mol. The number of methoxy groups -OCH3 is 2. The summed E-state index contributed by atoms with van der Waals surface area (Å²) in [6, 6.07) is 13.5. The number of benzene rings is 2. The quantitative estimate of drug-likeness (QED) is 0.416. The molecule has 0 aliphatic carbocycles. The molecule has 146 valence electrons. The van der Waals surface area contributed by atoms with Gasteiger partial charge in [0.2, 0.25) is 10.9 Å². The zero-order chi connectivity index (χ0) is 19.8. The van der Waals surface area contributed by atoms with E-state index in [0.29, 0.717) is 50.9 Å². The number of oxazole rings is 1. The molecule has 0 amide bonds. The molecule has 0 aliphatic rings. The normalized spacial score (nSPS) is 11.2. The van der Waals surface area contributed by atoms with Gasteiger partial charge in [-0.2, -0.15) is 4.52 Å². The molecule has 0 N–H and O–H groups in total. The largest absolute Gasteiger partial charge is 0.496 e. The van der Waals surface area contributed by atoms with Gasteiger partial charge in [-0.1, -0.05) is 30.3 Å². The van der Waals surface area contributed by atoms with Crippen LogP contribution in [0.4, 0.5) is 0 Å². The van der Waals surface area contributed by atoms with Crippen LogP contribution in [0.2, 0.25) is 0 Å². The summed E-state index contributed by atoms with van der Waals surface area (Å²) >= 11 is 1.34. The maximum absolute atomic E-state index is 6.03. The molecule has 0 bridgehead atoms. The molecule has 0 saturated carbocycles. The standard InChI is InChI=1S/C20H16N4O4S/c1-25-13-8-15(27-11-12-6-4-3-5-7-12)17-16(9-13)28-18(22-17)14-10-21-19-24(14)23-20(26-2)29-19/h3-10H,11H2,1-2H3. The van der Waals surface area contributed by atoms with Gasteiger partial charge >= 0.3 is 0 Å². The Kier molecular flexibility index (Phi) is 4.28. The molecule has 0 saturated heterocycles. The fraction of sp³-hybridized carbons (Fsp3) is 0.150. The Morgan fingerprint density at radius 1 is 1.10 bits per heavy atom. The molecule has 8 nitrogen and oxygen atoms in total.